The predicted octanol–water partition coefficient (Wildman–Crippen LogP) is 4.59. The van der Waals surface area contributed by atoms with Crippen LogP contribution in [0.2, 0.25) is 5.02 Å². The molecule has 4 N–H and O–H groups in total. The van der Waals surface area contributed by atoms with Gasteiger partial charge in [0.1, 0.15) is 0 Å². The van der Waals surface area contributed by atoms with Crippen LogP contribution in [-0.4, -0.2) is 24.1 Å². The number of hydrogen-bond acceptors (Lipinski definition) is 4. The number of aromatic nitrogens is 1. The van der Waals surface area contributed by atoms with Gasteiger partial charge in [0.15, 0.2) is 0 Å². The quantitative estimate of drug-likeness (QED) is 0.233. The lowest BCUT2D eigenvalue weighted by atomic mass is 9.98. The van der Waals surface area contributed by atoms with Gasteiger partial charge in [-0.1, -0.05) is 60.1 Å². The van der Waals surface area contributed by atoms with Crippen LogP contribution in [0.25, 0.3) is 22.2 Å². The molecule has 9 heteroatoms. The molecule has 1 heterocycles. The molecule has 4 aromatic rings. The molecule has 172 valence electrons. The van der Waals surface area contributed by atoms with Crippen LogP contribution in [0.4, 0.5) is 0 Å². The fourth-order valence-corrected chi connectivity index (χ4v) is 5.79. The Bertz CT molecular complexity index is 1530. The molecule has 0 atom stereocenters. The van der Waals surface area contributed by atoms with Crippen molar-refractivity contribution < 1.29 is 8.42 Å². The Morgan fingerprint density at radius 2 is 1.53 bits per heavy atom. The average molecular weight is 492 g/mol. The highest BCUT2D eigenvalue weighted by Crippen LogP contribution is 2.43. The van der Waals surface area contributed by atoms with Crippen molar-refractivity contribution in [3.05, 3.63) is 89.4 Å². The highest BCUT2D eigenvalue weighted by atomic mass is 35.5. The van der Waals surface area contributed by atoms with Crippen LogP contribution in [0.5, 0.6) is 0 Å². The highest BCUT2D eigenvalue weighted by Gasteiger charge is 2.36. The molecule has 0 spiro atoms. The number of guanidine groups is 1. The number of nitrogens with zero attached hydrogens (tertiary/aromatic N) is 3. The summed E-state index contributed by atoms with van der Waals surface area (Å²) in [4.78, 5) is 0.187. The predicted molar refractivity (Wildman–Crippen MR) is 136 cm³/mol. The maximum Gasteiger partial charge on any atom is 0.268 e. The van der Waals surface area contributed by atoms with E-state index in [1.807, 2.05) is 30.3 Å². The monoisotopic (exact) mass is 491 g/mol. The van der Waals surface area contributed by atoms with E-state index in [-0.39, 0.29) is 16.8 Å². The molecule has 1 aliphatic carbocycles. The summed E-state index contributed by atoms with van der Waals surface area (Å²) < 4.78 is 29.4. The first kappa shape index (κ1) is 22.2. The van der Waals surface area contributed by atoms with Crippen molar-refractivity contribution in [1.29, 1.82) is 0 Å². The number of para-hydroxylation sites is 1. The van der Waals surface area contributed by atoms with Gasteiger partial charge in [0, 0.05) is 27.5 Å². The summed E-state index contributed by atoms with van der Waals surface area (Å²) in [5.41, 5.74) is 14.2. The zero-order chi connectivity index (χ0) is 23.9. The minimum absolute atomic E-state index is 0.132. The van der Waals surface area contributed by atoms with Crippen molar-refractivity contribution in [2.24, 2.45) is 27.6 Å². The third-order valence-corrected chi connectivity index (χ3v) is 7.70. The van der Waals surface area contributed by atoms with Crippen LogP contribution in [0.15, 0.2) is 94.0 Å². The first-order valence-corrected chi connectivity index (χ1v) is 12.6. The van der Waals surface area contributed by atoms with Gasteiger partial charge in [0.2, 0.25) is 5.96 Å². The summed E-state index contributed by atoms with van der Waals surface area (Å²) in [6.07, 6.45) is 1.84. The fraction of sp³-hybridized carbons (Fsp3) is 0.120. The molecule has 1 aliphatic rings. The molecule has 0 aliphatic heterocycles. The third-order valence-electron chi connectivity index (χ3n) is 5.72. The van der Waals surface area contributed by atoms with E-state index in [2.05, 4.69) is 10.2 Å². The lowest BCUT2D eigenvalue weighted by Crippen LogP contribution is -2.22. The molecule has 0 bridgehead atoms. The Kier molecular flexibility index (Phi) is 5.63. The zero-order valence-electron chi connectivity index (χ0n) is 18.1. The van der Waals surface area contributed by atoms with E-state index in [4.69, 9.17) is 23.1 Å². The van der Waals surface area contributed by atoms with Gasteiger partial charge in [-0.3, -0.25) is 0 Å². The van der Waals surface area contributed by atoms with Crippen molar-refractivity contribution in [2.45, 2.75) is 17.7 Å². The molecule has 0 saturated heterocycles. The maximum atomic E-state index is 14.0. The van der Waals surface area contributed by atoms with Crippen molar-refractivity contribution in [1.82, 2.24) is 3.97 Å². The summed E-state index contributed by atoms with van der Waals surface area (Å²) in [6, 6.07) is 22.8. The molecule has 1 saturated carbocycles. The molecule has 1 aromatic heterocycles. The van der Waals surface area contributed by atoms with E-state index in [1.165, 1.54) is 3.97 Å². The summed E-state index contributed by atoms with van der Waals surface area (Å²) in [5, 5.41) is 9.63. The van der Waals surface area contributed by atoms with Crippen LogP contribution < -0.4 is 11.5 Å². The molecular formula is C25H22ClN5O2S. The number of benzene rings is 3. The summed E-state index contributed by atoms with van der Waals surface area (Å²) in [7, 11) is -3.96. The van der Waals surface area contributed by atoms with E-state index in [0.29, 0.717) is 33.1 Å². The number of fused-ring (bicyclic) bond motifs is 1. The van der Waals surface area contributed by atoms with Crippen LogP contribution >= 0.6 is 11.6 Å². The first-order chi connectivity index (χ1) is 16.4. The highest BCUT2D eigenvalue weighted by molar-refractivity contribution is 7.90. The van der Waals surface area contributed by atoms with Crippen LogP contribution in [0, 0.1) is 5.92 Å². The molecule has 0 radical (unpaired) electrons. The summed E-state index contributed by atoms with van der Waals surface area (Å²) >= 11 is 6.16. The van der Waals surface area contributed by atoms with Crippen LogP contribution in [0.1, 0.15) is 18.4 Å². The van der Waals surface area contributed by atoms with E-state index in [1.54, 1.807) is 48.5 Å². The summed E-state index contributed by atoms with van der Waals surface area (Å²) in [5.74, 6) is -0.0281. The topological polar surface area (TPSA) is 116 Å². The minimum Gasteiger partial charge on any atom is -0.369 e. The average Bonchev–Trinajstić information content (AvgIpc) is 3.61. The van der Waals surface area contributed by atoms with Gasteiger partial charge in [-0.05, 0) is 43.2 Å². The first-order valence-electron chi connectivity index (χ1n) is 10.7. The van der Waals surface area contributed by atoms with Gasteiger partial charge in [-0.15, -0.1) is 5.10 Å². The van der Waals surface area contributed by atoms with E-state index >= 15 is 0 Å². The van der Waals surface area contributed by atoms with Gasteiger partial charge in [-0.25, -0.2) is 12.4 Å². The normalized spacial score (nSPS) is 14.3. The lowest BCUT2D eigenvalue weighted by Gasteiger charge is -2.14. The second kappa shape index (κ2) is 8.62. The smallest absolute Gasteiger partial charge is 0.268 e. The fourth-order valence-electron chi connectivity index (χ4n) is 4.09. The van der Waals surface area contributed by atoms with E-state index in [9.17, 15) is 8.42 Å². The Balaban J connectivity index is 1.93. The molecular weight excluding hydrogens is 470 g/mol. The molecule has 0 amide bonds. The van der Waals surface area contributed by atoms with Crippen molar-refractivity contribution in [2.75, 3.05) is 0 Å². The van der Waals surface area contributed by atoms with Crippen LogP contribution in [-0.2, 0) is 10.0 Å². The van der Waals surface area contributed by atoms with Crippen molar-refractivity contribution in [3.8, 4) is 11.3 Å². The number of nitrogens with two attached hydrogens (primary N) is 2. The Hall–Kier alpha value is -3.62. The second-order valence-electron chi connectivity index (χ2n) is 8.11. The lowest BCUT2D eigenvalue weighted by molar-refractivity contribution is 0.589. The SMILES string of the molecule is NC(N)=N/N=C(\c1c(-c2ccc(Cl)cc2)n(S(=O)(=O)c2ccccc2)c2ccccc12)C1CC1. The second-order valence-corrected chi connectivity index (χ2v) is 10.3. The van der Waals surface area contributed by atoms with Gasteiger partial charge < -0.3 is 11.5 Å². The van der Waals surface area contributed by atoms with Gasteiger partial charge in [0.25, 0.3) is 10.0 Å². The Morgan fingerprint density at radius 1 is 0.882 bits per heavy atom. The Morgan fingerprint density at radius 3 is 2.18 bits per heavy atom. The largest absolute Gasteiger partial charge is 0.369 e. The molecule has 3 aromatic carbocycles. The van der Waals surface area contributed by atoms with E-state index in [0.717, 1.165) is 18.2 Å². The van der Waals surface area contributed by atoms with Crippen molar-refractivity contribution in [3.63, 3.8) is 0 Å². The molecule has 5 rings (SSSR count). The van der Waals surface area contributed by atoms with Crippen LogP contribution in [0.3, 0.4) is 0 Å². The molecule has 0 unspecified atom stereocenters. The van der Waals surface area contributed by atoms with Gasteiger partial charge in [-0.2, -0.15) is 5.10 Å². The maximum absolute atomic E-state index is 14.0. The number of halogens is 1. The van der Waals surface area contributed by atoms with Gasteiger partial charge >= 0.3 is 0 Å². The molecule has 34 heavy (non-hydrogen) atoms. The molecule has 7 nitrogen and oxygen atoms in total. The molecule has 1 fully saturated rings. The number of hydrogen-bond donors (Lipinski definition) is 2. The third kappa shape index (κ3) is 3.95. The summed E-state index contributed by atoms with van der Waals surface area (Å²) in [6.45, 7) is 0. The van der Waals surface area contributed by atoms with Crippen molar-refractivity contribution >= 4 is 44.2 Å². The standard InChI is InChI=1S/C25H22ClN5O2S/c26-18-14-12-17(13-15-18)24-22(23(16-10-11-16)29-30-25(27)28)20-8-4-5-9-21(20)31(24)34(32,33)19-6-2-1-3-7-19/h1-9,12-16H,10-11H2,(H4,27,28,30)/b29-23-. The van der Waals surface area contributed by atoms with E-state index < -0.39 is 10.0 Å². The van der Waals surface area contributed by atoms with Gasteiger partial charge in [0.05, 0.1) is 21.8 Å². The zero-order valence-corrected chi connectivity index (χ0v) is 19.7. The Labute approximate surface area is 202 Å². The number of rotatable bonds is 6. The minimum atomic E-state index is -3.96.